The van der Waals surface area contributed by atoms with E-state index in [1.165, 1.54) is 0 Å². The van der Waals surface area contributed by atoms with E-state index < -0.39 is 0 Å². The molecule has 2 rings (SSSR count). The highest BCUT2D eigenvalue weighted by molar-refractivity contribution is 9.10. The lowest BCUT2D eigenvalue weighted by molar-refractivity contribution is -0.144. The van der Waals surface area contributed by atoms with Crippen molar-refractivity contribution in [2.45, 2.75) is 13.3 Å². The van der Waals surface area contributed by atoms with E-state index >= 15 is 0 Å². The standard InChI is InChI=1S/C14H15BrO2/c1-2-17-14(16)13-9-11(13)6-3-10-4-7-12(15)8-5-10/h3-8,11,13H,2,9H2,1H3/b6-3+. The maximum Gasteiger partial charge on any atom is 0.309 e. The summed E-state index contributed by atoms with van der Waals surface area (Å²) in [5.41, 5.74) is 1.16. The molecule has 0 saturated heterocycles. The van der Waals surface area contributed by atoms with E-state index in [1.807, 2.05) is 31.2 Å². The normalized spacial score (nSPS) is 22.7. The first-order valence-electron chi connectivity index (χ1n) is 5.81. The first-order valence-corrected chi connectivity index (χ1v) is 6.60. The number of hydrogen-bond acceptors (Lipinski definition) is 2. The number of carbonyl (C=O) groups is 1. The number of ether oxygens (including phenoxy) is 1. The van der Waals surface area contributed by atoms with Gasteiger partial charge in [0, 0.05) is 4.47 Å². The molecule has 2 nitrogen and oxygen atoms in total. The van der Waals surface area contributed by atoms with Crippen molar-refractivity contribution in [1.82, 2.24) is 0 Å². The third kappa shape index (κ3) is 3.43. The molecule has 0 aliphatic heterocycles. The lowest BCUT2D eigenvalue weighted by atomic mass is 10.2. The zero-order valence-electron chi connectivity index (χ0n) is 9.73. The van der Waals surface area contributed by atoms with Gasteiger partial charge in [0.1, 0.15) is 0 Å². The van der Waals surface area contributed by atoms with Crippen LogP contribution in [0.25, 0.3) is 6.08 Å². The molecule has 1 aliphatic carbocycles. The van der Waals surface area contributed by atoms with Gasteiger partial charge in [0.2, 0.25) is 0 Å². The van der Waals surface area contributed by atoms with Crippen LogP contribution in [0.15, 0.2) is 34.8 Å². The van der Waals surface area contributed by atoms with E-state index in [2.05, 4.69) is 28.1 Å². The fraction of sp³-hybridized carbons (Fsp3) is 0.357. The smallest absolute Gasteiger partial charge is 0.309 e. The third-order valence-corrected chi connectivity index (χ3v) is 3.36. The van der Waals surface area contributed by atoms with Gasteiger partial charge in [0.25, 0.3) is 0 Å². The van der Waals surface area contributed by atoms with Gasteiger partial charge in [-0.2, -0.15) is 0 Å². The molecule has 0 heterocycles. The summed E-state index contributed by atoms with van der Waals surface area (Å²) in [6, 6.07) is 8.11. The van der Waals surface area contributed by atoms with Gasteiger partial charge in [0.15, 0.2) is 0 Å². The molecule has 0 N–H and O–H groups in total. The van der Waals surface area contributed by atoms with Crippen molar-refractivity contribution >= 4 is 28.0 Å². The Balaban J connectivity index is 1.87. The van der Waals surface area contributed by atoms with Crippen molar-refractivity contribution in [1.29, 1.82) is 0 Å². The molecule has 3 heteroatoms. The molecule has 0 radical (unpaired) electrons. The molecule has 1 fully saturated rings. The van der Waals surface area contributed by atoms with Crippen LogP contribution in [0.1, 0.15) is 18.9 Å². The minimum atomic E-state index is -0.0574. The summed E-state index contributed by atoms with van der Waals surface area (Å²) in [6.45, 7) is 2.31. The summed E-state index contributed by atoms with van der Waals surface area (Å²) < 4.78 is 6.06. The van der Waals surface area contributed by atoms with E-state index in [1.54, 1.807) is 0 Å². The summed E-state index contributed by atoms with van der Waals surface area (Å²) in [5, 5.41) is 0. The summed E-state index contributed by atoms with van der Waals surface area (Å²) >= 11 is 3.40. The van der Waals surface area contributed by atoms with E-state index in [-0.39, 0.29) is 11.9 Å². The second-order valence-corrected chi connectivity index (χ2v) is 5.08. The minimum Gasteiger partial charge on any atom is -0.466 e. The Bertz CT molecular complexity index is 422. The lowest BCUT2D eigenvalue weighted by Gasteiger charge is -1.98. The van der Waals surface area contributed by atoms with Gasteiger partial charge in [-0.05, 0) is 37.0 Å². The SMILES string of the molecule is CCOC(=O)C1CC1/C=C/c1ccc(Br)cc1. The molecule has 2 atom stereocenters. The largest absolute Gasteiger partial charge is 0.466 e. The van der Waals surface area contributed by atoms with Crippen molar-refractivity contribution in [2.75, 3.05) is 6.61 Å². The van der Waals surface area contributed by atoms with Gasteiger partial charge >= 0.3 is 5.97 Å². The Morgan fingerprint density at radius 2 is 2.18 bits per heavy atom. The Morgan fingerprint density at radius 3 is 2.82 bits per heavy atom. The number of halogens is 1. The number of carbonyl (C=O) groups excluding carboxylic acids is 1. The summed E-state index contributed by atoms with van der Waals surface area (Å²) in [5.74, 6) is 0.386. The number of rotatable bonds is 4. The molecule has 1 aliphatic rings. The number of benzene rings is 1. The summed E-state index contributed by atoms with van der Waals surface area (Å²) in [4.78, 5) is 11.4. The Morgan fingerprint density at radius 1 is 1.47 bits per heavy atom. The fourth-order valence-corrected chi connectivity index (χ4v) is 2.02. The molecule has 0 spiro atoms. The molecule has 1 aromatic rings. The maximum absolute atomic E-state index is 11.4. The molecule has 90 valence electrons. The molecule has 17 heavy (non-hydrogen) atoms. The Kier molecular flexibility index (Phi) is 4.00. The minimum absolute atomic E-state index is 0.0574. The highest BCUT2D eigenvalue weighted by atomic mass is 79.9. The second kappa shape index (κ2) is 5.50. The molecule has 0 bridgehead atoms. The fourth-order valence-electron chi connectivity index (χ4n) is 1.76. The van der Waals surface area contributed by atoms with E-state index in [4.69, 9.17) is 4.74 Å². The Hall–Kier alpha value is -1.09. The quantitative estimate of drug-likeness (QED) is 0.792. The van der Waals surface area contributed by atoms with Crippen molar-refractivity contribution in [3.63, 3.8) is 0 Å². The van der Waals surface area contributed by atoms with Gasteiger partial charge in [-0.1, -0.05) is 40.2 Å². The Labute approximate surface area is 110 Å². The van der Waals surface area contributed by atoms with E-state index in [0.717, 1.165) is 16.5 Å². The highest BCUT2D eigenvalue weighted by Gasteiger charge is 2.42. The molecule has 0 aromatic heterocycles. The van der Waals surface area contributed by atoms with Crippen molar-refractivity contribution in [3.05, 3.63) is 40.4 Å². The van der Waals surface area contributed by atoms with Crippen molar-refractivity contribution < 1.29 is 9.53 Å². The van der Waals surface area contributed by atoms with Crippen LogP contribution in [0.2, 0.25) is 0 Å². The zero-order valence-corrected chi connectivity index (χ0v) is 11.3. The average Bonchev–Trinajstić information content (AvgIpc) is 3.08. The van der Waals surface area contributed by atoms with Gasteiger partial charge in [-0.3, -0.25) is 4.79 Å². The average molecular weight is 295 g/mol. The van der Waals surface area contributed by atoms with Crippen molar-refractivity contribution in [2.24, 2.45) is 11.8 Å². The molecule has 1 saturated carbocycles. The third-order valence-electron chi connectivity index (χ3n) is 2.84. The van der Waals surface area contributed by atoms with Crippen LogP contribution >= 0.6 is 15.9 Å². The van der Waals surface area contributed by atoms with Crippen LogP contribution in [0, 0.1) is 11.8 Å². The molecular formula is C14H15BrO2. The van der Waals surface area contributed by atoms with Crippen LogP contribution in [-0.2, 0) is 9.53 Å². The lowest BCUT2D eigenvalue weighted by Crippen LogP contribution is -2.06. The molecule has 2 unspecified atom stereocenters. The van der Waals surface area contributed by atoms with Crippen LogP contribution < -0.4 is 0 Å². The number of esters is 1. The van der Waals surface area contributed by atoms with Crippen LogP contribution in [-0.4, -0.2) is 12.6 Å². The highest BCUT2D eigenvalue weighted by Crippen LogP contribution is 2.41. The number of allylic oxidation sites excluding steroid dienone is 1. The summed E-state index contributed by atoms with van der Waals surface area (Å²) in [6.07, 6.45) is 5.09. The van der Waals surface area contributed by atoms with Gasteiger partial charge in [-0.15, -0.1) is 0 Å². The van der Waals surface area contributed by atoms with Crippen LogP contribution in [0.3, 0.4) is 0 Å². The van der Waals surface area contributed by atoms with Crippen LogP contribution in [0.4, 0.5) is 0 Å². The predicted octanol–water partition coefficient (Wildman–Crippen LogP) is 3.66. The molecule has 0 amide bonds. The van der Waals surface area contributed by atoms with Gasteiger partial charge in [-0.25, -0.2) is 0 Å². The van der Waals surface area contributed by atoms with E-state index in [9.17, 15) is 4.79 Å². The second-order valence-electron chi connectivity index (χ2n) is 4.17. The summed E-state index contributed by atoms with van der Waals surface area (Å²) in [7, 11) is 0. The first-order chi connectivity index (χ1) is 8.20. The zero-order chi connectivity index (χ0) is 12.3. The molecular weight excluding hydrogens is 280 g/mol. The van der Waals surface area contributed by atoms with E-state index in [0.29, 0.717) is 12.5 Å². The molecule has 1 aromatic carbocycles. The topological polar surface area (TPSA) is 26.3 Å². The predicted molar refractivity (Wildman–Crippen MR) is 71.4 cm³/mol. The monoisotopic (exact) mass is 294 g/mol. The van der Waals surface area contributed by atoms with Crippen LogP contribution in [0.5, 0.6) is 0 Å². The number of hydrogen-bond donors (Lipinski definition) is 0. The van der Waals surface area contributed by atoms with Gasteiger partial charge in [0.05, 0.1) is 12.5 Å². The van der Waals surface area contributed by atoms with Gasteiger partial charge < -0.3 is 4.74 Å². The van der Waals surface area contributed by atoms with Crippen molar-refractivity contribution in [3.8, 4) is 0 Å². The first kappa shape index (κ1) is 12.4. The maximum atomic E-state index is 11.4.